The minimum absolute atomic E-state index is 0.387. The van der Waals surface area contributed by atoms with Crippen LogP contribution in [0.2, 0.25) is 5.02 Å². The van der Waals surface area contributed by atoms with Gasteiger partial charge >= 0.3 is 0 Å². The molecule has 5 aromatic rings. The van der Waals surface area contributed by atoms with Crippen molar-refractivity contribution in [2.75, 3.05) is 19.8 Å². The zero-order valence-electron chi connectivity index (χ0n) is 28.3. The molecule has 0 N–H and O–H groups in total. The van der Waals surface area contributed by atoms with E-state index in [2.05, 4.69) is 54.6 Å². The second-order valence-corrected chi connectivity index (χ2v) is 13.3. The van der Waals surface area contributed by atoms with Crippen LogP contribution in [0.3, 0.4) is 0 Å². The largest absolute Gasteiger partial charge is 0.494 e. The van der Waals surface area contributed by atoms with E-state index in [9.17, 15) is 0 Å². The molecule has 2 fully saturated rings. The molecule has 2 aliphatic rings. The van der Waals surface area contributed by atoms with E-state index in [0.29, 0.717) is 51.1 Å². The zero-order chi connectivity index (χ0) is 34.2. The van der Waals surface area contributed by atoms with Crippen LogP contribution >= 0.6 is 11.6 Å². The van der Waals surface area contributed by atoms with Crippen molar-refractivity contribution in [1.29, 1.82) is 0 Å². The van der Waals surface area contributed by atoms with Crippen LogP contribution in [0.15, 0.2) is 133 Å². The lowest BCUT2D eigenvalue weighted by Gasteiger charge is -2.56. The predicted molar refractivity (Wildman–Crippen MR) is 194 cm³/mol. The van der Waals surface area contributed by atoms with Gasteiger partial charge < -0.3 is 28.4 Å². The molecule has 0 bridgehead atoms. The zero-order valence-corrected chi connectivity index (χ0v) is 29.0. The van der Waals surface area contributed by atoms with Gasteiger partial charge in [-0.1, -0.05) is 127 Å². The molecular formula is C43H43ClO6. The molecule has 4 atom stereocenters. The fourth-order valence-corrected chi connectivity index (χ4v) is 6.91. The third-order valence-corrected chi connectivity index (χ3v) is 9.73. The van der Waals surface area contributed by atoms with Crippen LogP contribution in [-0.4, -0.2) is 43.7 Å². The molecule has 0 amide bonds. The number of halogens is 1. The minimum atomic E-state index is -0.720. The van der Waals surface area contributed by atoms with Gasteiger partial charge in [0.2, 0.25) is 0 Å². The highest BCUT2D eigenvalue weighted by molar-refractivity contribution is 6.31. The third kappa shape index (κ3) is 8.13. The van der Waals surface area contributed by atoms with E-state index in [1.807, 2.05) is 85.8 Å². The molecule has 0 aromatic heterocycles. The third-order valence-electron chi connectivity index (χ3n) is 9.36. The smallest absolute Gasteiger partial charge is 0.144 e. The van der Waals surface area contributed by atoms with Crippen LogP contribution in [0.4, 0.5) is 0 Å². The van der Waals surface area contributed by atoms with Gasteiger partial charge in [0.1, 0.15) is 35.8 Å². The van der Waals surface area contributed by atoms with E-state index in [1.54, 1.807) is 0 Å². The Morgan fingerprint density at radius 1 is 0.640 bits per heavy atom. The van der Waals surface area contributed by atoms with Gasteiger partial charge in [-0.2, -0.15) is 0 Å². The monoisotopic (exact) mass is 690 g/mol. The maximum atomic E-state index is 7.15. The molecule has 50 heavy (non-hydrogen) atoms. The van der Waals surface area contributed by atoms with Gasteiger partial charge in [0.05, 0.1) is 39.6 Å². The van der Waals surface area contributed by atoms with E-state index < -0.39 is 30.0 Å². The molecule has 0 saturated carbocycles. The first-order valence-electron chi connectivity index (χ1n) is 17.3. The number of hydrogen-bond acceptors (Lipinski definition) is 6. The first-order chi connectivity index (χ1) is 24.6. The van der Waals surface area contributed by atoms with Crippen molar-refractivity contribution >= 4 is 11.6 Å². The molecule has 7 heteroatoms. The first kappa shape index (κ1) is 34.4. The van der Waals surface area contributed by atoms with Crippen molar-refractivity contribution in [2.45, 2.75) is 63.2 Å². The van der Waals surface area contributed by atoms with Gasteiger partial charge in [-0.05, 0) is 64.9 Å². The van der Waals surface area contributed by atoms with E-state index in [-0.39, 0.29) is 0 Å². The normalized spacial score (nSPS) is 21.1. The van der Waals surface area contributed by atoms with Gasteiger partial charge in [0.25, 0.3) is 0 Å². The molecule has 0 radical (unpaired) electrons. The summed E-state index contributed by atoms with van der Waals surface area (Å²) in [6, 6.07) is 44.9. The summed E-state index contributed by atoms with van der Waals surface area (Å²) in [5.41, 5.74) is 5.59. The second kappa shape index (κ2) is 16.3. The summed E-state index contributed by atoms with van der Waals surface area (Å²) in [6.45, 7) is 4.59. The van der Waals surface area contributed by atoms with Crippen molar-refractivity contribution in [3.63, 3.8) is 0 Å². The van der Waals surface area contributed by atoms with E-state index in [1.165, 1.54) is 0 Å². The summed E-state index contributed by atoms with van der Waals surface area (Å²) in [5.74, 6) is 0.851. The molecule has 2 aliphatic heterocycles. The van der Waals surface area contributed by atoms with Crippen molar-refractivity contribution in [3.8, 4) is 5.75 Å². The van der Waals surface area contributed by atoms with Crippen molar-refractivity contribution in [3.05, 3.63) is 172 Å². The molecule has 1 spiro atoms. The van der Waals surface area contributed by atoms with E-state index in [4.69, 9.17) is 40.0 Å². The number of hydrogen-bond donors (Lipinski definition) is 0. The van der Waals surface area contributed by atoms with Gasteiger partial charge in [0, 0.05) is 5.02 Å². The lowest BCUT2D eigenvalue weighted by Crippen LogP contribution is -2.71. The Bertz CT molecular complexity index is 1780. The molecular weight excluding hydrogens is 648 g/mol. The summed E-state index contributed by atoms with van der Waals surface area (Å²) in [5, 5.41) is 0.697. The number of rotatable bonds is 14. The van der Waals surface area contributed by atoms with Gasteiger partial charge in [-0.3, -0.25) is 0 Å². The van der Waals surface area contributed by atoms with Gasteiger partial charge in [0.15, 0.2) is 0 Å². The molecule has 2 saturated heterocycles. The van der Waals surface area contributed by atoms with E-state index >= 15 is 0 Å². The minimum Gasteiger partial charge on any atom is -0.494 e. The molecule has 0 unspecified atom stereocenters. The average Bonchev–Trinajstić information content (AvgIpc) is 3.14. The van der Waals surface area contributed by atoms with Crippen LogP contribution in [0.25, 0.3) is 0 Å². The van der Waals surface area contributed by atoms with Crippen molar-refractivity contribution in [2.24, 2.45) is 0 Å². The molecule has 258 valence electrons. The lowest BCUT2D eigenvalue weighted by atomic mass is 9.80. The van der Waals surface area contributed by atoms with Crippen LogP contribution in [0, 0.1) is 0 Å². The molecule has 0 aliphatic carbocycles. The van der Waals surface area contributed by atoms with Crippen molar-refractivity contribution in [1.82, 2.24) is 0 Å². The fraction of sp³-hybridized carbons (Fsp3) is 0.302. The SMILES string of the molecule is CCOc1ccc(Cc2cc([C@@H]3OC4(COC4)[C@@H](OCc4ccccc4)[C@H](OCc4ccccc4)[C@H]3OCc3ccccc3)ccc2Cl)cc1. The summed E-state index contributed by atoms with van der Waals surface area (Å²) >= 11 is 6.85. The standard InChI is InChI=1S/C43H43ClO6/c1-2-46-37-21-18-31(19-22-37)24-36-25-35(20-23-38(36)44)39-40(47-26-32-12-6-3-7-13-32)41(48-27-33-14-8-4-9-15-33)42(43(50-39)29-45-30-43)49-28-34-16-10-5-11-17-34/h3-23,25,39-42H,2,24,26-30H2,1H3/t39-,40-,41+,42-/m0/s1. The highest BCUT2D eigenvalue weighted by Crippen LogP contribution is 2.46. The maximum Gasteiger partial charge on any atom is 0.144 e. The first-order valence-corrected chi connectivity index (χ1v) is 17.7. The van der Waals surface area contributed by atoms with Crippen molar-refractivity contribution < 1.29 is 28.4 Å². The summed E-state index contributed by atoms with van der Waals surface area (Å²) < 4.78 is 39.3. The Morgan fingerprint density at radius 3 is 1.74 bits per heavy atom. The molecule has 2 heterocycles. The average molecular weight is 691 g/mol. The van der Waals surface area contributed by atoms with Crippen LogP contribution in [0.5, 0.6) is 5.75 Å². The maximum absolute atomic E-state index is 7.15. The summed E-state index contributed by atoms with van der Waals surface area (Å²) in [4.78, 5) is 0. The highest BCUT2D eigenvalue weighted by Gasteiger charge is 2.60. The Labute approximate surface area is 299 Å². The van der Waals surface area contributed by atoms with E-state index in [0.717, 1.165) is 39.1 Å². The summed E-state index contributed by atoms with van der Waals surface area (Å²) in [6.07, 6.45) is -1.25. The van der Waals surface area contributed by atoms with Crippen LogP contribution in [-0.2, 0) is 49.9 Å². The summed E-state index contributed by atoms with van der Waals surface area (Å²) in [7, 11) is 0. The highest BCUT2D eigenvalue weighted by atomic mass is 35.5. The topological polar surface area (TPSA) is 55.4 Å². The Morgan fingerprint density at radius 2 is 1.20 bits per heavy atom. The Kier molecular flexibility index (Phi) is 11.3. The second-order valence-electron chi connectivity index (χ2n) is 12.9. The van der Waals surface area contributed by atoms with Gasteiger partial charge in [-0.15, -0.1) is 0 Å². The quantitative estimate of drug-likeness (QED) is 0.116. The van der Waals surface area contributed by atoms with Crippen LogP contribution in [0.1, 0.15) is 46.4 Å². The number of benzene rings is 5. The molecule has 7 rings (SSSR count). The Hall–Kier alpha value is -4.01. The predicted octanol–water partition coefficient (Wildman–Crippen LogP) is 8.93. The fourth-order valence-electron chi connectivity index (χ4n) is 6.73. The molecule has 6 nitrogen and oxygen atoms in total. The van der Waals surface area contributed by atoms with Crippen LogP contribution < -0.4 is 4.74 Å². The molecule has 5 aromatic carbocycles. The number of ether oxygens (including phenoxy) is 6. The lowest BCUT2D eigenvalue weighted by molar-refractivity contribution is -0.356. The van der Waals surface area contributed by atoms with Gasteiger partial charge in [-0.25, -0.2) is 0 Å². The Balaban J connectivity index is 1.24.